The molecule has 1 aromatic carbocycles. The summed E-state index contributed by atoms with van der Waals surface area (Å²) in [5.41, 5.74) is 1.61. The average Bonchev–Trinajstić information content (AvgIpc) is 2.64. The van der Waals surface area contributed by atoms with E-state index in [1.807, 2.05) is 31.2 Å². The van der Waals surface area contributed by atoms with E-state index < -0.39 is 0 Å². The summed E-state index contributed by atoms with van der Waals surface area (Å²) in [7, 11) is 3.12. The van der Waals surface area contributed by atoms with Crippen molar-refractivity contribution < 1.29 is 0 Å². The molecule has 0 radical (unpaired) electrons. The lowest BCUT2D eigenvalue weighted by atomic mass is 10.1. The van der Waals surface area contributed by atoms with Gasteiger partial charge in [0.15, 0.2) is 11.5 Å². The van der Waals surface area contributed by atoms with Crippen LogP contribution in [0.1, 0.15) is 25.3 Å². The van der Waals surface area contributed by atoms with Gasteiger partial charge in [-0.05, 0) is 25.2 Å². The van der Waals surface area contributed by atoms with Gasteiger partial charge in [-0.1, -0.05) is 37.1 Å². The van der Waals surface area contributed by atoms with Gasteiger partial charge >= 0.3 is 5.69 Å². The Balaban J connectivity index is 2.32. The molecule has 0 amide bonds. The molecule has 0 aliphatic rings. The fourth-order valence-corrected chi connectivity index (χ4v) is 3.86. The largest absolute Gasteiger partial charge is 0.332 e. The van der Waals surface area contributed by atoms with Crippen LogP contribution in [0.25, 0.3) is 22.4 Å². The first-order valence-corrected chi connectivity index (χ1v) is 9.60. The predicted molar refractivity (Wildman–Crippen MR) is 106 cm³/mol. The Labute approximate surface area is 155 Å². The molecule has 0 fully saturated rings. The Morgan fingerprint density at radius 3 is 2.58 bits per heavy atom. The number of nitrogens with zero attached hydrogens (tertiary/aromatic N) is 4. The number of aromatic nitrogens is 4. The van der Waals surface area contributed by atoms with E-state index in [4.69, 9.17) is 0 Å². The Bertz CT molecular complexity index is 1090. The standard InChI is InChI=1S/C19H22N4O2S/c1-5-6-10-26-17-14-16(22(3)19(25)23(4)18(14)24)20-15(21-17)13-9-7-8-12(2)11-13/h7-9,11H,5-6,10H2,1-4H3. The summed E-state index contributed by atoms with van der Waals surface area (Å²) in [4.78, 5) is 34.3. The van der Waals surface area contributed by atoms with Gasteiger partial charge in [-0.3, -0.25) is 13.9 Å². The smallest absolute Gasteiger partial charge is 0.280 e. The van der Waals surface area contributed by atoms with E-state index in [-0.39, 0.29) is 11.2 Å². The van der Waals surface area contributed by atoms with E-state index in [1.165, 1.54) is 11.6 Å². The summed E-state index contributed by atoms with van der Waals surface area (Å²) in [6.45, 7) is 4.13. The van der Waals surface area contributed by atoms with Crippen molar-refractivity contribution in [2.75, 3.05) is 5.75 Å². The third-order valence-electron chi connectivity index (χ3n) is 4.28. The van der Waals surface area contributed by atoms with E-state index in [1.54, 1.807) is 18.8 Å². The molecule has 0 saturated carbocycles. The zero-order valence-electron chi connectivity index (χ0n) is 15.4. The molecule has 136 valence electrons. The molecule has 26 heavy (non-hydrogen) atoms. The van der Waals surface area contributed by atoms with Gasteiger partial charge in [0.2, 0.25) is 0 Å². The third-order valence-corrected chi connectivity index (χ3v) is 5.34. The lowest BCUT2D eigenvalue weighted by molar-refractivity contribution is 0.703. The maximum Gasteiger partial charge on any atom is 0.332 e. The van der Waals surface area contributed by atoms with E-state index in [2.05, 4.69) is 16.9 Å². The van der Waals surface area contributed by atoms with Crippen LogP contribution in [-0.4, -0.2) is 24.9 Å². The van der Waals surface area contributed by atoms with Crippen molar-refractivity contribution in [3.8, 4) is 11.4 Å². The number of hydrogen-bond acceptors (Lipinski definition) is 5. The molecule has 0 spiro atoms. The van der Waals surface area contributed by atoms with E-state index >= 15 is 0 Å². The zero-order chi connectivity index (χ0) is 18.8. The van der Waals surface area contributed by atoms with Crippen molar-refractivity contribution in [3.05, 3.63) is 50.7 Å². The predicted octanol–water partition coefficient (Wildman–Crippen LogP) is 2.89. The first-order chi connectivity index (χ1) is 12.4. The van der Waals surface area contributed by atoms with Crippen LogP contribution in [-0.2, 0) is 14.1 Å². The van der Waals surface area contributed by atoms with Crippen LogP contribution < -0.4 is 11.2 Å². The second-order valence-electron chi connectivity index (χ2n) is 6.33. The van der Waals surface area contributed by atoms with E-state index in [0.717, 1.165) is 34.3 Å². The second-order valence-corrected chi connectivity index (χ2v) is 7.41. The van der Waals surface area contributed by atoms with Gasteiger partial charge in [0, 0.05) is 19.7 Å². The highest BCUT2D eigenvalue weighted by Gasteiger charge is 2.18. The van der Waals surface area contributed by atoms with Crippen LogP contribution in [0.15, 0.2) is 38.9 Å². The monoisotopic (exact) mass is 370 g/mol. The van der Waals surface area contributed by atoms with Gasteiger partial charge in [0.05, 0.1) is 0 Å². The summed E-state index contributed by atoms with van der Waals surface area (Å²) < 4.78 is 2.53. The molecule has 0 unspecified atom stereocenters. The number of thioether (sulfide) groups is 1. The maximum absolute atomic E-state index is 12.7. The van der Waals surface area contributed by atoms with Gasteiger partial charge in [0.1, 0.15) is 10.4 Å². The fourth-order valence-electron chi connectivity index (χ4n) is 2.76. The third kappa shape index (κ3) is 3.31. The maximum atomic E-state index is 12.7. The van der Waals surface area contributed by atoms with Crippen molar-refractivity contribution in [2.45, 2.75) is 31.7 Å². The molecule has 2 aromatic heterocycles. The van der Waals surface area contributed by atoms with Gasteiger partial charge in [-0.2, -0.15) is 0 Å². The van der Waals surface area contributed by atoms with Crippen LogP contribution in [0, 0.1) is 6.92 Å². The Hall–Kier alpha value is -2.41. The first kappa shape index (κ1) is 18.4. The van der Waals surface area contributed by atoms with Gasteiger partial charge in [-0.25, -0.2) is 14.8 Å². The molecule has 7 heteroatoms. The Morgan fingerprint density at radius 2 is 1.88 bits per heavy atom. The number of benzene rings is 1. The highest BCUT2D eigenvalue weighted by atomic mass is 32.2. The summed E-state index contributed by atoms with van der Waals surface area (Å²) in [6.07, 6.45) is 2.10. The van der Waals surface area contributed by atoms with Gasteiger partial charge in [0.25, 0.3) is 5.56 Å². The minimum atomic E-state index is -0.388. The van der Waals surface area contributed by atoms with Crippen molar-refractivity contribution >= 4 is 22.8 Å². The first-order valence-electron chi connectivity index (χ1n) is 8.61. The van der Waals surface area contributed by atoms with Gasteiger partial charge < -0.3 is 0 Å². The molecular weight excluding hydrogens is 348 g/mol. The molecule has 0 saturated heterocycles. The quantitative estimate of drug-likeness (QED) is 0.392. The molecule has 0 aliphatic carbocycles. The molecule has 0 N–H and O–H groups in total. The van der Waals surface area contributed by atoms with Crippen molar-refractivity contribution in [1.29, 1.82) is 0 Å². The minimum Gasteiger partial charge on any atom is -0.280 e. The highest BCUT2D eigenvalue weighted by molar-refractivity contribution is 7.99. The summed E-state index contributed by atoms with van der Waals surface area (Å²) >= 11 is 1.55. The lowest BCUT2D eigenvalue weighted by Gasteiger charge is -2.12. The molecule has 3 rings (SSSR count). The van der Waals surface area contributed by atoms with Crippen molar-refractivity contribution in [1.82, 2.24) is 19.1 Å². The number of unbranched alkanes of at least 4 members (excludes halogenated alkanes) is 1. The summed E-state index contributed by atoms with van der Waals surface area (Å²) in [6, 6.07) is 7.90. The van der Waals surface area contributed by atoms with Crippen molar-refractivity contribution in [3.63, 3.8) is 0 Å². The highest BCUT2D eigenvalue weighted by Crippen LogP contribution is 2.27. The second kappa shape index (κ2) is 7.45. The summed E-state index contributed by atoms with van der Waals surface area (Å²) in [5.74, 6) is 1.39. The van der Waals surface area contributed by atoms with Crippen LogP contribution in [0.4, 0.5) is 0 Å². The van der Waals surface area contributed by atoms with Crippen LogP contribution in [0.3, 0.4) is 0 Å². The molecular formula is C19H22N4O2S. The average molecular weight is 370 g/mol. The Morgan fingerprint density at radius 1 is 1.12 bits per heavy atom. The van der Waals surface area contributed by atoms with Crippen LogP contribution in [0.5, 0.6) is 0 Å². The molecule has 6 nitrogen and oxygen atoms in total. The molecule has 0 bridgehead atoms. The molecule has 0 atom stereocenters. The summed E-state index contributed by atoms with van der Waals surface area (Å²) in [5, 5.41) is 1.04. The number of hydrogen-bond donors (Lipinski definition) is 0. The van der Waals surface area contributed by atoms with Gasteiger partial charge in [-0.15, -0.1) is 11.8 Å². The Kier molecular flexibility index (Phi) is 5.27. The van der Waals surface area contributed by atoms with E-state index in [9.17, 15) is 9.59 Å². The van der Waals surface area contributed by atoms with E-state index in [0.29, 0.717) is 21.9 Å². The van der Waals surface area contributed by atoms with Crippen LogP contribution >= 0.6 is 11.8 Å². The molecule has 3 aromatic rings. The van der Waals surface area contributed by atoms with Crippen molar-refractivity contribution in [2.24, 2.45) is 14.1 Å². The lowest BCUT2D eigenvalue weighted by Crippen LogP contribution is -2.37. The van der Waals surface area contributed by atoms with Crippen LogP contribution in [0.2, 0.25) is 0 Å². The minimum absolute atomic E-state index is 0.349. The number of rotatable bonds is 5. The number of fused-ring (bicyclic) bond motifs is 1. The normalized spacial score (nSPS) is 11.2. The number of aryl methyl sites for hydroxylation is 2. The fraction of sp³-hybridized carbons (Fsp3) is 0.368. The zero-order valence-corrected chi connectivity index (χ0v) is 16.3. The molecule has 2 heterocycles. The SMILES string of the molecule is CCCCSc1nc(-c2cccc(C)c2)nc2c1c(=O)n(C)c(=O)n2C. The topological polar surface area (TPSA) is 69.8 Å². The molecule has 0 aliphatic heterocycles.